The number of carboxylic acid groups (broad SMARTS) is 3. The summed E-state index contributed by atoms with van der Waals surface area (Å²) < 4.78 is 15.5. The number of carboxylic acids is 3. The molecule has 0 bridgehead atoms. The van der Waals surface area contributed by atoms with Crippen LogP contribution in [0, 0.1) is 22.7 Å². The summed E-state index contributed by atoms with van der Waals surface area (Å²) >= 11 is 0. The molecule has 1 fully saturated rings. The van der Waals surface area contributed by atoms with Gasteiger partial charge in [0, 0.05) is 22.1 Å². The van der Waals surface area contributed by atoms with E-state index in [1.54, 1.807) is 0 Å². The van der Waals surface area contributed by atoms with Gasteiger partial charge in [-0.05, 0) is 52.9 Å². The molecule has 216 valence electrons. The topological polar surface area (TPSA) is 191 Å². The van der Waals surface area contributed by atoms with Crippen LogP contribution in [0.15, 0.2) is 36.5 Å². The molecule has 0 heterocycles. The zero-order valence-electron chi connectivity index (χ0n) is 22.4. The maximum absolute atomic E-state index is 13.1. The largest absolute Gasteiger partial charge is 0.481 e. The van der Waals surface area contributed by atoms with Crippen LogP contribution in [-0.4, -0.2) is 71.0 Å². The summed E-state index contributed by atoms with van der Waals surface area (Å²) in [4.78, 5) is 73.8. The lowest BCUT2D eigenvalue weighted by Gasteiger charge is -2.55. The summed E-state index contributed by atoms with van der Waals surface area (Å²) in [7, 11) is 0. The number of rotatable bonds is 15. The van der Waals surface area contributed by atoms with Crippen molar-refractivity contribution in [2.24, 2.45) is 22.7 Å². The van der Waals surface area contributed by atoms with Crippen LogP contribution in [0.1, 0.15) is 52.9 Å². The Morgan fingerprint density at radius 3 is 1.38 bits per heavy atom. The second-order valence-electron chi connectivity index (χ2n) is 9.91. The van der Waals surface area contributed by atoms with Gasteiger partial charge in [-0.15, -0.1) is 0 Å². The molecule has 39 heavy (non-hydrogen) atoms. The van der Waals surface area contributed by atoms with Crippen LogP contribution < -0.4 is 0 Å². The average molecular weight is 553 g/mol. The van der Waals surface area contributed by atoms with Crippen molar-refractivity contribution >= 4 is 35.8 Å². The van der Waals surface area contributed by atoms with Crippen LogP contribution in [0.3, 0.4) is 0 Å². The molecule has 1 saturated carbocycles. The van der Waals surface area contributed by atoms with Gasteiger partial charge < -0.3 is 29.5 Å². The van der Waals surface area contributed by atoms with Crippen LogP contribution in [-0.2, 0) is 43.0 Å². The lowest BCUT2D eigenvalue weighted by Crippen LogP contribution is -2.60. The van der Waals surface area contributed by atoms with Crippen molar-refractivity contribution in [3.63, 3.8) is 0 Å². The van der Waals surface area contributed by atoms with Gasteiger partial charge in [0.2, 0.25) is 0 Å². The minimum Gasteiger partial charge on any atom is -0.481 e. The van der Waals surface area contributed by atoms with Crippen molar-refractivity contribution < 1.29 is 58.3 Å². The Bertz CT molecular complexity index is 1020. The van der Waals surface area contributed by atoms with E-state index in [9.17, 15) is 44.1 Å². The Morgan fingerprint density at radius 1 is 0.692 bits per heavy atom. The first-order valence-electron chi connectivity index (χ1n) is 12.2. The van der Waals surface area contributed by atoms with Gasteiger partial charge >= 0.3 is 35.8 Å². The van der Waals surface area contributed by atoms with Crippen molar-refractivity contribution in [1.82, 2.24) is 0 Å². The average Bonchev–Trinajstić information content (AvgIpc) is 2.83. The normalized spacial score (nSPS) is 21.6. The van der Waals surface area contributed by atoms with E-state index in [4.69, 9.17) is 14.2 Å². The summed E-state index contributed by atoms with van der Waals surface area (Å²) in [6, 6.07) is 0. The van der Waals surface area contributed by atoms with E-state index in [1.807, 2.05) is 0 Å². The summed E-state index contributed by atoms with van der Waals surface area (Å²) in [5.41, 5.74) is -3.74. The van der Waals surface area contributed by atoms with Gasteiger partial charge in [-0.2, -0.15) is 0 Å². The van der Waals surface area contributed by atoms with Crippen molar-refractivity contribution in [1.29, 1.82) is 0 Å². The molecule has 12 heteroatoms. The van der Waals surface area contributed by atoms with Crippen LogP contribution in [0.5, 0.6) is 0 Å². The zero-order valence-corrected chi connectivity index (χ0v) is 22.4. The number of aliphatic carboxylic acids is 3. The van der Waals surface area contributed by atoms with E-state index >= 15 is 0 Å². The molecule has 3 atom stereocenters. The Kier molecular flexibility index (Phi) is 11.6. The predicted octanol–water partition coefficient (Wildman–Crippen LogP) is 2.77. The quantitative estimate of drug-likeness (QED) is 0.153. The lowest BCUT2D eigenvalue weighted by atomic mass is 9.46. The summed E-state index contributed by atoms with van der Waals surface area (Å²) in [6.07, 6.45) is -2.05. The van der Waals surface area contributed by atoms with E-state index in [0.717, 1.165) is 0 Å². The maximum Gasteiger partial charge on any atom is 0.333 e. The molecular formula is C27H36O12. The third-order valence-electron chi connectivity index (χ3n) is 7.16. The zero-order chi connectivity index (χ0) is 30.1. The summed E-state index contributed by atoms with van der Waals surface area (Å²) in [5.74, 6) is -9.70. The first kappa shape index (κ1) is 33.1. The molecule has 0 radical (unpaired) electrons. The molecule has 0 aromatic carbocycles. The Balaban J connectivity index is 3.73. The highest BCUT2D eigenvalue weighted by atomic mass is 16.5. The highest BCUT2D eigenvalue weighted by molar-refractivity contribution is 5.88. The number of carbonyl (C=O) groups is 6. The van der Waals surface area contributed by atoms with Crippen molar-refractivity contribution in [2.45, 2.75) is 52.9 Å². The smallest absolute Gasteiger partial charge is 0.333 e. The first-order chi connectivity index (χ1) is 18.0. The fraction of sp³-hybridized carbons (Fsp3) is 0.556. The summed E-state index contributed by atoms with van der Waals surface area (Å²) in [5, 5.41) is 30.6. The van der Waals surface area contributed by atoms with Crippen LogP contribution in [0.2, 0.25) is 0 Å². The molecule has 0 amide bonds. The number of carbonyl (C=O) groups excluding carboxylic acids is 3. The number of ether oxygens (including phenoxy) is 3. The molecular weight excluding hydrogens is 516 g/mol. The summed E-state index contributed by atoms with van der Waals surface area (Å²) in [6.45, 7) is 13.2. The van der Waals surface area contributed by atoms with Gasteiger partial charge in [-0.25, -0.2) is 14.4 Å². The van der Waals surface area contributed by atoms with E-state index in [-0.39, 0.29) is 29.6 Å². The molecule has 3 N–H and O–H groups in total. The second-order valence-corrected chi connectivity index (χ2v) is 9.91. The third kappa shape index (κ3) is 7.78. The molecule has 1 aliphatic carbocycles. The first-order valence-corrected chi connectivity index (χ1v) is 12.2. The molecule has 0 aliphatic heterocycles. The number of hydrogen-bond donors (Lipinski definition) is 3. The van der Waals surface area contributed by atoms with E-state index in [0.29, 0.717) is 0 Å². The van der Waals surface area contributed by atoms with E-state index in [2.05, 4.69) is 19.7 Å². The predicted molar refractivity (Wildman–Crippen MR) is 135 cm³/mol. The number of hydrogen-bond acceptors (Lipinski definition) is 9. The minimum atomic E-state index is -2.10. The van der Waals surface area contributed by atoms with Gasteiger partial charge in [-0.3, -0.25) is 14.4 Å². The van der Waals surface area contributed by atoms with Crippen LogP contribution in [0.4, 0.5) is 0 Å². The molecule has 1 rings (SSSR count). The van der Waals surface area contributed by atoms with Crippen LogP contribution in [0.25, 0.3) is 0 Å². The maximum atomic E-state index is 13.1. The molecule has 0 spiro atoms. The van der Waals surface area contributed by atoms with Gasteiger partial charge in [0.15, 0.2) is 0 Å². The number of esters is 3. The van der Waals surface area contributed by atoms with E-state index in [1.165, 1.54) is 20.8 Å². The van der Waals surface area contributed by atoms with Gasteiger partial charge in [0.1, 0.15) is 0 Å². The van der Waals surface area contributed by atoms with Crippen molar-refractivity contribution in [2.75, 3.05) is 19.8 Å². The Labute approximate surface area is 226 Å². The molecule has 1 aliphatic rings. The van der Waals surface area contributed by atoms with Gasteiger partial charge in [0.25, 0.3) is 0 Å². The second kappa shape index (κ2) is 13.7. The monoisotopic (exact) mass is 552 g/mol. The molecule has 0 aromatic heterocycles. The van der Waals surface area contributed by atoms with E-state index < -0.39 is 97.6 Å². The fourth-order valence-electron chi connectivity index (χ4n) is 5.13. The Morgan fingerprint density at radius 2 is 1.08 bits per heavy atom. The highest BCUT2D eigenvalue weighted by Gasteiger charge is 2.65. The highest BCUT2D eigenvalue weighted by Crippen LogP contribution is 2.61. The van der Waals surface area contributed by atoms with Crippen LogP contribution >= 0.6 is 0 Å². The minimum absolute atomic E-state index is 0.0412. The van der Waals surface area contributed by atoms with Crippen molar-refractivity contribution in [3.05, 3.63) is 36.5 Å². The van der Waals surface area contributed by atoms with Crippen molar-refractivity contribution in [3.8, 4) is 0 Å². The van der Waals surface area contributed by atoms with Gasteiger partial charge in [0.05, 0.1) is 37.1 Å². The standard InChI is InChI=1S/C27H36O12/c1-15(2)22(32)37-10-7-26(8-11-38-23(33)16(3)4)19(21(30)31)13-18(20(28)29)14-27(26,25(35)36)9-12-39-24(34)17(5)6/h18-19H,1,3,5,7-14H2,2,4,6H3,(H,28,29)(H,30,31)(H,35,36). The SMILES string of the molecule is C=C(C)C(=O)OCCC1(C(=O)O)CC(C(=O)O)CC(C(=O)O)C1(CCOC(=O)C(=C)C)CCOC(=O)C(=C)C. The fourth-order valence-corrected chi connectivity index (χ4v) is 5.13. The molecule has 3 unspecified atom stereocenters. The molecule has 0 aromatic rings. The van der Waals surface area contributed by atoms with Gasteiger partial charge in [-0.1, -0.05) is 19.7 Å². The lowest BCUT2D eigenvalue weighted by molar-refractivity contribution is -0.194. The molecule has 0 saturated heterocycles. The molecule has 12 nitrogen and oxygen atoms in total. The Hall–Kier alpha value is -3.96. The third-order valence-corrected chi connectivity index (χ3v) is 7.16.